The maximum Gasteiger partial charge on any atom is 0.328 e. The molecule has 0 aliphatic carbocycles. The minimum absolute atomic E-state index is 0.0883. The van der Waals surface area contributed by atoms with Crippen LogP contribution in [0.15, 0.2) is 29.9 Å². The third kappa shape index (κ3) is 3.65. The number of carbonyl (C=O) groups is 2. The van der Waals surface area contributed by atoms with E-state index in [0.29, 0.717) is 18.7 Å². The number of aromatic nitrogens is 2. The van der Waals surface area contributed by atoms with Gasteiger partial charge in [-0.2, -0.15) is 5.10 Å². The Bertz CT molecular complexity index is 705. The highest BCUT2D eigenvalue weighted by atomic mass is 32.1. The van der Waals surface area contributed by atoms with Crippen molar-refractivity contribution in [3.8, 4) is 0 Å². The van der Waals surface area contributed by atoms with E-state index in [1.54, 1.807) is 16.2 Å². The van der Waals surface area contributed by atoms with Crippen molar-refractivity contribution < 1.29 is 14.7 Å². The van der Waals surface area contributed by atoms with Crippen molar-refractivity contribution in [2.45, 2.75) is 19.5 Å². The van der Waals surface area contributed by atoms with Crippen LogP contribution in [0.1, 0.15) is 28.2 Å². The summed E-state index contributed by atoms with van der Waals surface area (Å²) in [7, 11) is 0. The largest absolute Gasteiger partial charge is 0.480 e. The molecular formula is C16H20N4O3S. The predicted octanol–water partition coefficient (Wildman–Crippen LogP) is 1.55. The molecule has 2 aromatic heterocycles. The number of rotatable bonds is 5. The molecule has 3 rings (SSSR count). The minimum atomic E-state index is -0.973. The molecule has 1 atom stereocenters. The van der Waals surface area contributed by atoms with Gasteiger partial charge in [0.2, 0.25) is 0 Å². The molecule has 0 spiro atoms. The summed E-state index contributed by atoms with van der Waals surface area (Å²) >= 11 is 1.75. The van der Waals surface area contributed by atoms with Gasteiger partial charge in [0, 0.05) is 43.8 Å². The summed E-state index contributed by atoms with van der Waals surface area (Å²) in [4.78, 5) is 29.0. The van der Waals surface area contributed by atoms with Crippen LogP contribution in [0.3, 0.4) is 0 Å². The normalized spacial score (nSPS) is 17.0. The van der Waals surface area contributed by atoms with Gasteiger partial charge in [0.25, 0.3) is 5.91 Å². The second-order valence-corrected chi connectivity index (χ2v) is 6.90. The highest BCUT2D eigenvalue weighted by Crippen LogP contribution is 2.15. The van der Waals surface area contributed by atoms with Gasteiger partial charge in [-0.1, -0.05) is 6.07 Å². The first-order valence-electron chi connectivity index (χ1n) is 7.85. The first kappa shape index (κ1) is 16.7. The SMILES string of the molecule is CC(C(=O)O)n1cc(C(=O)N2CCN(Cc3cccs3)CC2)cn1. The number of amides is 1. The van der Waals surface area contributed by atoms with Crippen molar-refractivity contribution in [2.75, 3.05) is 26.2 Å². The van der Waals surface area contributed by atoms with Crippen LogP contribution in [0.5, 0.6) is 0 Å². The molecule has 1 aliphatic rings. The fraction of sp³-hybridized carbons (Fsp3) is 0.438. The highest BCUT2D eigenvalue weighted by Gasteiger charge is 2.24. The summed E-state index contributed by atoms with van der Waals surface area (Å²) in [5, 5.41) is 15.1. The van der Waals surface area contributed by atoms with Gasteiger partial charge in [0.1, 0.15) is 6.04 Å². The molecule has 1 aliphatic heterocycles. The standard InChI is InChI=1S/C16H20N4O3S/c1-12(16(22)23)20-10-13(9-17-20)15(21)19-6-4-18(5-7-19)11-14-3-2-8-24-14/h2-3,8-10,12H,4-7,11H2,1H3,(H,22,23). The molecule has 7 nitrogen and oxygen atoms in total. The van der Waals surface area contributed by atoms with Crippen molar-refractivity contribution in [1.82, 2.24) is 19.6 Å². The fourth-order valence-corrected chi connectivity index (χ4v) is 3.43. The Balaban J connectivity index is 1.56. The van der Waals surface area contributed by atoms with Crippen LogP contribution in [-0.4, -0.2) is 62.7 Å². The summed E-state index contributed by atoms with van der Waals surface area (Å²) < 4.78 is 1.31. The minimum Gasteiger partial charge on any atom is -0.480 e. The molecule has 0 bridgehead atoms. The number of nitrogens with zero attached hydrogens (tertiary/aromatic N) is 4. The zero-order valence-corrected chi connectivity index (χ0v) is 14.3. The molecule has 8 heteroatoms. The fourth-order valence-electron chi connectivity index (χ4n) is 2.69. The van der Waals surface area contributed by atoms with E-state index < -0.39 is 12.0 Å². The molecule has 1 unspecified atom stereocenters. The van der Waals surface area contributed by atoms with E-state index in [2.05, 4.69) is 27.5 Å². The lowest BCUT2D eigenvalue weighted by Crippen LogP contribution is -2.48. The monoisotopic (exact) mass is 348 g/mol. The zero-order chi connectivity index (χ0) is 17.1. The van der Waals surface area contributed by atoms with E-state index in [9.17, 15) is 9.59 Å². The van der Waals surface area contributed by atoms with E-state index >= 15 is 0 Å². The van der Waals surface area contributed by atoms with Gasteiger partial charge in [-0.15, -0.1) is 11.3 Å². The van der Waals surface area contributed by atoms with Gasteiger partial charge in [0.15, 0.2) is 0 Å². The van der Waals surface area contributed by atoms with E-state index in [0.717, 1.165) is 19.6 Å². The van der Waals surface area contributed by atoms with E-state index in [-0.39, 0.29) is 5.91 Å². The molecule has 0 aromatic carbocycles. The Hall–Kier alpha value is -2.19. The van der Waals surface area contributed by atoms with Crippen molar-refractivity contribution in [3.63, 3.8) is 0 Å². The topological polar surface area (TPSA) is 78.7 Å². The lowest BCUT2D eigenvalue weighted by molar-refractivity contribution is -0.140. The first-order chi connectivity index (χ1) is 11.5. The van der Waals surface area contributed by atoms with Crippen molar-refractivity contribution in [2.24, 2.45) is 0 Å². The van der Waals surface area contributed by atoms with Gasteiger partial charge in [-0.25, -0.2) is 4.79 Å². The Morgan fingerprint density at radius 1 is 1.33 bits per heavy atom. The Morgan fingerprint density at radius 3 is 2.71 bits per heavy atom. The average Bonchev–Trinajstić information content (AvgIpc) is 3.26. The molecule has 1 saturated heterocycles. The van der Waals surface area contributed by atoms with Crippen molar-refractivity contribution >= 4 is 23.2 Å². The molecule has 0 radical (unpaired) electrons. The molecule has 1 fully saturated rings. The number of hydrogen-bond acceptors (Lipinski definition) is 5. The molecule has 1 amide bonds. The number of aliphatic carboxylic acids is 1. The van der Waals surface area contributed by atoms with Crippen LogP contribution in [0, 0.1) is 0 Å². The summed E-state index contributed by atoms with van der Waals surface area (Å²) in [6.07, 6.45) is 2.96. The number of carbonyl (C=O) groups excluding carboxylic acids is 1. The van der Waals surface area contributed by atoms with Crippen LogP contribution >= 0.6 is 11.3 Å². The van der Waals surface area contributed by atoms with Gasteiger partial charge < -0.3 is 10.0 Å². The third-order valence-electron chi connectivity index (χ3n) is 4.22. The molecule has 2 aromatic rings. The molecule has 24 heavy (non-hydrogen) atoms. The molecule has 0 saturated carbocycles. The van der Waals surface area contributed by atoms with Gasteiger partial charge in [-0.3, -0.25) is 14.4 Å². The molecule has 128 valence electrons. The third-order valence-corrected chi connectivity index (χ3v) is 5.08. The number of carboxylic acids is 1. The lowest BCUT2D eigenvalue weighted by atomic mass is 10.2. The second kappa shape index (κ2) is 7.14. The number of piperazine rings is 1. The van der Waals surface area contributed by atoms with Crippen LogP contribution in [0.4, 0.5) is 0 Å². The van der Waals surface area contributed by atoms with Gasteiger partial charge in [0.05, 0.1) is 11.8 Å². The molecular weight excluding hydrogens is 328 g/mol. The smallest absolute Gasteiger partial charge is 0.328 e. The van der Waals surface area contributed by atoms with Crippen molar-refractivity contribution in [3.05, 3.63) is 40.3 Å². The van der Waals surface area contributed by atoms with Gasteiger partial charge in [-0.05, 0) is 18.4 Å². The zero-order valence-electron chi connectivity index (χ0n) is 13.5. The maximum atomic E-state index is 12.5. The number of thiophene rings is 1. The molecule has 3 heterocycles. The van der Waals surface area contributed by atoms with E-state index in [1.165, 1.54) is 28.9 Å². The first-order valence-corrected chi connectivity index (χ1v) is 8.73. The predicted molar refractivity (Wildman–Crippen MR) is 90.1 cm³/mol. The molecule has 1 N–H and O–H groups in total. The summed E-state index contributed by atoms with van der Waals surface area (Å²) in [5.41, 5.74) is 0.440. The quantitative estimate of drug-likeness (QED) is 0.887. The van der Waals surface area contributed by atoms with Crippen LogP contribution in [-0.2, 0) is 11.3 Å². The van der Waals surface area contributed by atoms with Gasteiger partial charge >= 0.3 is 5.97 Å². The number of carboxylic acid groups (broad SMARTS) is 1. The Kier molecular flexibility index (Phi) is 4.96. The lowest BCUT2D eigenvalue weighted by Gasteiger charge is -2.34. The second-order valence-electron chi connectivity index (χ2n) is 5.87. The summed E-state index contributed by atoms with van der Waals surface area (Å²) in [6.45, 7) is 5.47. The van der Waals surface area contributed by atoms with Crippen LogP contribution in [0.2, 0.25) is 0 Å². The summed E-state index contributed by atoms with van der Waals surface area (Å²) in [6, 6.07) is 3.39. The van der Waals surface area contributed by atoms with E-state index in [4.69, 9.17) is 5.11 Å². The van der Waals surface area contributed by atoms with Crippen molar-refractivity contribution in [1.29, 1.82) is 0 Å². The number of hydrogen-bond donors (Lipinski definition) is 1. The average molecular weight is 348 g/mol. The van der Waals surface area contributed by atoms with E-state index in [1.807, 2.05) is 0 Å². The summed E-state index contributed by atoms with van der Waals surface area (Å²) in [5.74, 6) is -1.06. The van der Waals surface area contributed by atoms with Crippen LogP contribution in [0.25, 0.3) is 0 Å². The van der Waals surface area contributed by atoms with Crippen LogP contribution < -0.4 is 0 Å². The maximum absolute atomic E-state index is 12.5. The highest BCUT2D eigenvalue weighted by molar-refractivity contribution is 7.09. The Morgan fingerprint density at radius 2 is 2.08 bits per heavy atom. The Labute approximate surface area is 144 Å².